The van der Waals surface area contributed by atoms with Gasteiger partial charge in [-0.25, -0.2) is 28.9 Å². The maximum atomic E-state index is 14.3. The molecule has 0 spiro atoms. The van der Waals surface area contributed by atoms with E-state index in [-0.39, 0.29) is 20.6 Å². The molecule has 182 valence electrons. The number of likely N-dealkylation sites (tertiary alicyclic amines) is 1. The van der Waals surface area contributed by atoms with Crippen LogP contribution in [0.5, 0.6) is 0 Å². The molecule has 0 saturated carbocycles. The summed E-state index contributed by atoms with van der Waals surface area (Å²) in [5.41, 5.74) is -1.95. The fraction of sp³-hybridized carbons (Fsp3) is 0.273. The first-order valence-electron chi connectivity index (χ1n) is 14.7. The molecule has 1 aliphatic rings. The zero-order valence-corrected chi connectivity index (χ0v) is 18.8. The number of benzene rings is 1. The highest BCUT2D eigenvalue weighted by Gasteiger charge is 2.21. The minimum Gasteiger partial charge on any atom is -0.478 e. The Morgan fingerprint density at radius 1 is 1.49 bits per heavy atom. The molecule has 1 atom stereocenters. The van der Waals surface area contributed by atoms with Crippen molar-refractivity contribution < 1.29 is 39.3 Å². The minimum atomic E-state index is -3.38. The lowest BCUT2D eigenvalue weighted by Crippen LogP contribution is -2.38. The maximum absolute atomic E-state index is 14.3. The molecule has 2 aromatic heterocycles. The van der Waals surface area contributed by atoms with E-state index in [1.807, 2.05) is 0 Å². The fourth-order valence-corrected chi connectivity index (χ4v) is 3.35. The SMILES string of the molecule is O=C(O)/C=C\C(=O)O.[2H]c1c([2H])c(C([2H])([2H])N2CCC([2H])(N([2H])c3ncnc4nc(Cl)sc34)C([2H])([2H])C2([2H])[2H])c([2H])c(C#N)c1F. The minimum absolute atomic E-state index is 0.0396. The Morgan fingerprint density at radius 2 is 2.23 bits per heavy atom. The number of carboxylic acid groups (broad SMARTS) is 2. The van der Waals surface area contributed by atoms with Crippen LogP contribution >= 0.6 is 22.9 Å². The van der Waals surface area contributed by atoms with Gasteiger partial charge in [0, 0.05) is 45.9 Å². The number of anilines is 1. The highest BCUT2D eigenvalue weighted by atomic mass is 35.5. The van der Waals surface area contributed by atoms with Crippen molar-refractivity contribution in [1.82, 2.24) is 19.9 Å². The molecule has 1 fully saturated rings. The van der Waals surface area contributed by atoms with Crippen LogP contribution < -0.4 is 5.31 Å². The van der Waals surface area contributed by atoms with Gasteiger partial charge in [0.15, 0.2) is 11.5 Å². The van der Waals surface area contributed by atoms with Gasteiger partial charge < -0.3 is 15.5 Å². The summed E-state index contributed by atoms with van der Waals surface area (Å²) in [5.74, 6) is -4.29. The van der Waals surface area contributed by atoms with Crippen molar-refractivity contribution in [3.05, 3.63) is 58.0 Å². The molecule has 1 saturated heterocycles. The lowest BCUT2D eigenvalue weighted by atomic mass is 10.0. The Bertz CT molecular complexity index is 1780. The van der Waals surface area contributed by atoms with Crippen LogP contribution in [0.15, 0.2) is 36.6 Å². The number of fused-ring (bicyclic) bond motifs is 1. The number of nitrogens with zero attached hydrogens (tertiary/aromatic N) is 5. The second kappa shape index (κ2) is 12.2. The van der Waals surface area contributed by atoms with Crippen molar-refractivity contribution in [2.75, 3.05) is 18.4 Å². The summed E-state index contributed by atoms with van der Waals surface area (Å²) in [6.45, 7) is -7.31. The lowest BCUT2D eigenvalue weighted by Gasteiger charge is -2.32. The lowest BCUT2D eigenvalue weighted by molar-refractivity contribution is -0.134. The second-order valence-electron chi connectivity index (χ2n) is 6.19. The molecule has 3 heterocycles. The van der Waals surface area contributed by atoms with Gasteiger partial charge in [0.05, 0.1) is 11.0 Å². The molecule has 3 N–H and O–H groups in total. The molecule has 35 heavy (non-hydrogen) atoms. The third-order valence-corrected chi connectivity index (χ3v) is 4.93. The predicted octanol–water partition coefficient (Wildman–Crippen LogP) is 3.54. The van der Waals surface area contributed by atoms with Crippen LogP contribution in [-0.2, 0) is 16.1 Å². The van der Waals surface area contributed by atoms with E-state index < -0.39 is 85.4 Å². The molecule has 0 radical (unpaired) electrons. The smallest absolute Gasteiger partial charge is 0.328 e. The Labute approximate surface area is 223 Å². The number of aromatic nitrogens is 3. The molecule has 1 aromatic carbocycles. The summed E-state index contributed by atoms with van der Waals surface area (Å²) >= 11 is 6.78. The molecule has 1 aliphatic heterocycles. The van der Waals surface area contributed by atoms with Crippen LogP contribution in [0.4, 0.5) is 10.2 Å². The molecule has 3 aromatic rings. The average molecular weight is 530 g/mol. The molecular formula is C22H20ClFN6O4S. The van der Waals surface area contributed by atoms with E-state index in [2.05, 4.69) is 15.0 Å². The first-order valence-corrected chi connectivity index (χ1v) is 10.4. The highest BCUT2D eigenvalue weighted by molar-refractivity contribution is 7.22. The Morgan fingerprint density at radius 3 is 2.91 bits per heavy atom. The van der Waals surface area contributed by atoms with Crippen LogP contribution in [0, 0.1) is 17.1 Å². The average Bonchev–Trinajstić information content (AvgIpc) is 3.34. The Kier molecular flexibility index (Phi) is 5.10. The van der Waals surface area contributed by atoms with Gasteiger partial charge in [-0.1, -0.05) is 29.0 Å². The summed E-state index contributed by atoms with van der Waals surface area (Å²) < 4.78 is 107. The number of nitriles is 1. The van der Waals surface area contributed by atoms with Crippen molar-refractivity contribution in [2.24, 2.45) is 0 Å². The summed E-state index contributed by atoms with van der Waals surface area (Å²) in [7, 11) is 0. The van der Waals surface area contributed by atoms with E-state index >= 15 is 0 Å². The molecule has 0 bridgehead atoms. The number of rotatable bonds is 6. The quantitative estimate of drug-likeness (QED) is 0.404. The number of nitrogens with one attached hydrogen (secondary N) is 1. The number of piperidine rings is 1. The number of halogens is 2. The van der Waals surface area contributed by atoms with Crippen molar-refractivity contribution >= 4 is 51.0 Å². The van der Waals surface area contributed by atoms with Gasteiger partial charge in [-0.2, -0.15) is 5.26 Å². The molecule has 1 unspecified atom stereocenters. The van der Waals surface area contributed by atoms with Gasteiger partial charge in [-0.15, -0.1) is 0 Å². The summed E-state index contributed by atoms with van der Waals surface area (Å²) in [5, 5.41) is 25.2. The van der Waals surface area contributed by atoms with Crippen LogP contribution in [0.2, 0.25) is 5.88 Å². The van der Waals surface area contributed by atoms with Crippen molar-refractivity contribution in [1.29, 1.82) is 5.26 Å². The molecule has 13 heteroatoms. The number of aliphatic carboxylic acids is 2. The van der Waals surface area contributed by atoms with E-state index in [0.29, 0.717) is 22.4 Å². The number of thiazole rings is 1. The summed E-state index contributed by atoms with van der Waals surface area (Å²) in [6.07, 6.45) is -1.89. The monoisotopic (exact) mass is 529 g/mol. The fourth-order valence-electron chi connectivity index (χ4n) is 2.36. The van der Waals surface area contributed by atoms with Crippen LogP contribution in [0.3, 0.4) is 0 Å². The van der Waals surface area contributed by atoms with E-state index in [4.69, 9.17) is 36.9 Å². The molecular weight excluding hydrogens is 499 g/mol. The third-order valence-electron chi connectivity index (χ3n) is 3.79. The van der Waals surface area contributed by atoms with Gasteiger partial charge in [-0.3, -0.25) is 4.90 Å². The largest absolute Gasteiger partial charge is 0.478 e. The molecule has 0 amide bonds. The van der Waals surface area contributed by atoms with E-state index in [1.54, 1.807) is 0 Å². The predicted molar refractivity (Wildman–Crippen MR) is 128 cm³/mol. The van der Waals surface area contributed by atoms with Crippen molar-refractivity contribution in [3.8, 4) is 6.07 Å². The van der Waals surface area contributed by atoms with Crippen LogP contribution in [-0.4, -0.2) is 61.1 Å². The van der Waals surface area contributed by atoms with E-state index in [0.717, 1.165) is 17.7 Å². The Hall–Kier alpha value is -3.66. The van der Waals surface area contributed by atoms with E-state index in [9.17, 15) is 19.2 Å². The normalized spacial score (nSPS) is 25.8. The molecule has 0 aliphatic carbocycles. The first-order chi connectivity index (χ1) is 21.1. The van der Waals surface area contributed by atoms with Crippen molar-refractivity contribution in [2.45, 2.75) is 25.3 Å². The number of hydrogen-bond acceptors (Lipinski definition) is 9. The van der Waals surface area contributed by atoms with Gasteiger partial charge in [-0.05, 0) is 30.4 Å². The standard InChI is InChI=1S/C18H16ClFN6S.C4H4O4/c19-18-25-17-15(27-18)16(22-10-23-17)24-13-3-5-26(6-4-13)9-11-1-2-14(20)12(7-11)8-21;5-3(6)1-2-4(7)8/h1-2,7,10,13H,3-6,9H2,(H,22,23,24);1-2H,(H,5,6)(H,7,8)/b;2-1-/i1D,2D,3D2,5D2,7D,9D2,13D;/hD. The van der Waals surface area contributed by atoms with Gasteiger partial charge in [0.25, 0.3) is 0 Å². The number of hydrogen-bond donors (Lipinski definition) is 3. The summed E-state index contributed by atoms with van der Waals surface area (Å²) in [6, 6.07) is -4.73. The maximum Gasteiger partial charge on any atom is 0.328 e. The number of carbonyl (C=O) groups is 2. The topological polar surface area (TPSA) is 152 Å². The zero-order valence-electron chi connectivity index (χ0n) is 28.2. The van der Waals surface area contributed by atoms with Crippen LogP contribution in [0.1, 0.15) is 37.6 Å². The molecule has 10 nitrogen and oxygen atoms in total. The Balaban J connectivity index is 0.000000637. The third kappa shape index (κ3) is 7.68. The van der Waals surface area contributed by atoms with Crippen LogP contribution in [0.25, 0.3) is 10.3 Å². The number of carboxylic acids is 2. The highest BCUT2D eigenvalue weighted by Crippen LogP contribution is 2.30. The second-order valence-corrected chi connectivity index (χ2v) is 7.77. The molecule has 4 rings (SSSR count). The van der Waals surface area contributed by atoms with Gasteiger partial charge >= 0.3 is 11.9 Å². The first kappa shape index (κ1) is 14.7. The van der Waals surface area contributed by atoms with E-state index in [1.165, 1.54) is 6.07 Å². The van der Waals surface area contributed by atoms with Crippen molar-refractivity contribution in [3.63, 3.8) is 0 Å². The van der Waals surface area contributed by atoms with Gasteiger partial charge in [0.1, 0.15) is 28.7 Å². The van der Waals surface area contributed by atoms with Gasteiger partial charge in [0.2, 0.25) is 0 Å². The summed E-state index contributed by atoms with van der Waals surface area (Å²) in [4.78, 5) is 31.2. The zero-order chi connectivity index (χ0) is 35.2.